The maximum absolute atomic E-state index is 5.15. The predicted molar refractivity (Wildman–Crippen MR) is 52.3 cm³/mol. The Morgan fingerprint density at radius 3 is 3.17 bits per heavy atom. The third-order valence-corrected chi connectivity index (χ3v) is 2.22. The van der Waals surface area contributed by atoms with Crippen molar-refractivity contribution in [2.24, 2.45) is 0 Å². The molecule has 1 aromatic heterocycles. The minimum atomic E-state index is 0.860. The molecular weight excluding hydrogens is 170 g/mol. The summed E-state index contributed by atoms with van der Waals surface area (Å²) < 4.78 is 5.15. The molecule has 0 spiro atoms. The fourth-order valence-corrected chi connectivity index (χ4v) is 1.44. The molecule has 0 amide bonds. The van der Waals surface area contributed by atoms with Gasteiger partial charge in [-0.2, -0.15) is 11.8 Å². The minimum absolute atomic E-state index is 0.860. The normalized spacial score (nSPS) is 9.83. The summed E-state index contributed by atoms with van der Waals surface area (Å²) >= 11 is 1.74. The first kappa shape index (κ1) is 9.39. The highest BCUT2D eigenvalue weighted by Crippen LogP contribution is 2.19. The zero-order valence-electron chi connectivity index (χ0n) is 7.12. The average Bonchev–Trinajstić information content (AvgIpc) is 2.15. The second-order valence-electron chi connectivity index (χ2n) is 2.20. The van der Waals surface area contributed by atoms with E-state index in [2.05, 4.69) is 11.9 Å². The monoisotopic (exact) mass is 182 g/mol. The van der Waals surface area contributed by atoms with Crippen molar-refractivity contribution in [2.45, 2.75) is 5.75 Å². The number of nitrogens with zero attached hydrogens (tertiary/aromatic N) is 1. The van der Waals surface area contributed by atoms with Gasteiger partial charge in [-0.1, -0.05) is 0 Å². The molecule has 0 atom stereocenters. The van der Waals surface area contributed by atoms with E-state index in [0.717, 1.165) is 22.9 Å². The average molecular weight is 182 g/mol. The smallest absolute Gasteiger partial charge is 0.141 e. The van der Waals surface area contributed by atoms with Gasteiger partial charge in [-0.25, -0.2) is 0 Å². The molecule has 0 aliphatic heterocycles. The number of hydrogen-bond acceptors (Lipinski definition) is 3. The summed E-state index contributed by atoms with van der Waals surface area (Å²) in [6, 6.07) is 3.79. The second-order valence-corrected chi connectivity index (χ2v) is 3.31. The lowest BCUT2D eigenvalue weighted by molar-refractivity contribution is 0.409. The molecule has 1 aromatic rings. The molecule has 0 unspecified atom stereocenters. The SMILES string of the molecule is [CH2]CSCc1ncccc1OC. The number of ether oxygens (including phenoxy) is 1. The highest BCUT2D eigenvalue weighted by atomic mass is 32.2. The van der Waals surface area contributed by atoms with Crippen molar-refractivity contribution in [1.29, 1.82) is 0 Å². The maximum atomic E-state index is 5.15. The molecule has 0 saturated carbocycles. The number of rotatable bonds is 4. The molecule has 3 heteroatoms. The minimum Gasteiger partial charge on any atom is -0.495 e. The van der Waals surface area contributed by atoms with Crippen LogP contribution in [0.1, 0.15) is 5.69 Å². The van der Waals surface area contributed by atoms with E-state index in [1.165, 1.54) is 0 Å². The third kappa shape index (κ3) is 2.41. The van der Waals surface area contributed by atoms with E-state index in [4.69, 9.17) is 4.74 Å². The number of methoxy groups -OCH3 is 1. The standard InChI is InChI=1S/C9H12NOS/c1-3-12-7-8-9(11-2)5-4-6-10-8/h4-6H,1,3,7H2,2H3. The van der Waals surface area contributed by atoms with Gasteiger partial charge in [0.05, 0.1) is 12.8 Å². The van der Waals surface area contributed by atoms with Gasteiger partial charge in [-0.3, -0.25) is 4.98 Å². The van der Waals surface area contributed by atoms with Gasteiger partial charge in [-0.05, 0) is 24.8 Å². The van der Waals surface area contributed by atoms with E-state index in [-0.39, 0.29) is 0 Å². The van der Waals surface area contributed by atoms with E-state index in [1.807, 2.05) is 12.1 Å². The van der Waals surface area contributed by atoms with Crippen LogP contribution in [0, 0.1) is 6.92 Å². The van der Waals surface area contributed by atoms with Crippen LogP contribution in [-0.2, 0) is 5.75 Å². The Labute approximate surface area is 77.3 Å². The molecule has 12 heavy (non-hydrogen) atoms. The van der Waals surface area contributed by atoms with Crippen molar-refractivity contribution >= 4 is 11.8 Å². The lowest BCUT2D eigenvalue weighted by Crippen LogP contribution is -1.93. The molecule has 1 heterocycles. The lowest BCUT2D eigenvalue weighted by Gasteiger charge is -2.04. The zero-order valence-corrected chi connectivity index (χ0v) is 7.93. The number of hydrogen-bond donors (Lipinski definition) is 0. The first-order valence-electron chi connectivity index (χ1n) is 3.73. The first-order valence-corrected chi connectivity index (χ1v) is 4.89. The molecule has 0 aliphatic rings. The predicted octanol–water partition coefficient (Wildman–Crippen LogP) is 2.16. The molecule has 0 saturated heterocycles. The zero-order chi connectivity index (χ0) is 8.81. The van der Waals surface area contributed by atoms with Gasteiger partial charge in [0, 0.05) is 11.9 Å². The first-order chi connectivity index (χ1) is 5.88. The summed E-state index contributed by atoms with van der Waals surface area (Å²) in [5, 5.41) is 0. The molecule has 0 aliphatic carbocycles. The molecule has 1 rings (SSSR count). The summed E-state index contributed by atoms with van der Waals surface area (Å²) in [7, 11) is 1.66. The van der Waals surface area contributed by atoms with Gasteiger partial charge in [-0.15, -0.1) is 0 Å². The van der Waals surface area contributed by atoms with Crippen molar-refractivity contribution < 1.29 is 4.74 Å². The number of pyridine rings is 1. The highest BCUT2D eigenvalue weighted by molar-refractivity contribution is 7.98. The molecule has 65 valence electrons. The quantitative estimate of drug-likeness (QED) is 0.712. The number of aromatic nitrogens is 1. The summed E-state index contributed by atoms with van der Waals surface area (Å²) in [5.41, 5.74) is 0.994. The third-order valence-electron chi connectivity index (χ3n) is 1.45. The van der Waals surface area contributed by atoms with E-state index in [0.29, 0.717) is 0 Å². The van der Waals surface area contributed by atoms with Crippen molar-refractivity contribution in [1.82, 2.24) is 4.98 Å². The Hall–Kier alpha value is -0.700. The van der Waals surface area contributed by atoms with Crippen LogP contribution in [0.15, 0.2) is 18.3 Å². The van der Waals surface area contributed by atoms with Crippen LogP contribution < -0.4 is 4.74 Å². The van der Waals surface area contributed by atoms with Gasteiger partial charge < -0.3 is 4.74 Å². The summed E-state index contributed by atoms with van der Waals surface area (Å²) in [6.45, 7) is 3.75. The van der Waals surface area contributed by atoms with Gasteiger partial charge in [0.2, 0.25) is 0 Å². The molecular formula is C9H12NOS. The van der Waals surface area contributed by atoms with E-state index in [1.54, 1.807) is 25.1 Å². The topological polar surface area (TPSA) is 22.1 Å². The Morgan fingerprint density at radius 2 is 2.50 bits per heavy atom. The molecule has 0 bridgehead atoms. The van der Waals surface area contributed by atoms with Crippen LogP contribution in [0.2, 0.25) is 0 Å². The van der Waals surface area contributed by atoms with Gasteiger partial charge in [0.15, 0.2) is 0 Å². The fraction of sp³-hybridized carbons (Fsp3) is 0.333. The molecule has 0 fully saturated rings. The lowest BCUT2D eigenvalue weighted by atomic mass is 10.3. The second kappa shape index (κ2) is 5.04. The van der Waals surface area contributed by atoms with Gasteiger partial charge >= 0.3 is 0 Å². The van der Waals surface area contributed by atoms with Crippen LogP contribution in [0.4, 0.5) is 0 Å². The Morgan fingerprint density at radius 1 is 1.67 bits per heavy atom. The summed E-state index contributed by atoms with van der Waals surface area (Å²) in [6.07, 6.45) is 1.78. The van der Waals surface area contributed by atoms with Crippen LogP contribution in [0.3, 0.4) is 0 Å². The largest absolute Gasteiger partial charge is 0.495 e. The number of thioether (sulfide) groups is 1. The summed E-state index contributed by atoms with van der Waals surface area (Å²) in [4.78, 5) is 4.21. The molecule has 0 aromatic carbocycles. The van der Waals surface area contributed by atoms with E-state index >= 15 is 0 Å². The molecule has 0 N–H and O–H groups in total. The van der Waals surface area contributed by atoms with Crippen molar-refractivity contribution in [3.05, 3.63) is 30.9 Å². The van der Waals surface area contributed by atoms with Crippen LogP contribution in [0.25, 0.3) is 0 Å². The molecule has 1 radical (unpaired) electrons. The van der Waals surface area contributed by atoms with Crippen molar-refractivity contribution in [3.63, 3.8) is 0 Å². The Balaban J connectivity index is 2.68. The fourth-order valence-electron chi connectivity index (χ4n) is 0.886. The Kier molecular flexibility index (Phi) is 3.94. The Bertz CT molecular complexity index is 240. The van der Waals surface area contributed by atoms with Gasteiger partial charge in [0.1, 0.15) is 5.75 Å². The molecule has 2 nitrogen and oxygen atoms in total. The maximum Gasteiger partial charge on any atom is 0.141 e. The summed E-state index contributed by atoms with van der Waals surface area (Å²) in [5.74, 6) is 2.59. The van der Waals surface area contributed by atoms with Crippen LogP contribution in [-0.4, -0.2) is 17.8 Å². The van der Waals surface area contributed by atoms with Crippen molar-refractivity contribution in [2.75, 3.05) is 12.9 Å². The van der Waals surface area contributed by atoms with Crippen LogP contribution >= 0.6 is 11.8 Å². The van der Waals surface area contributed by atoms with E-state index in [9.17, 15) is 0 Å². The highest BCUT2D eigenvalue weighted by Gasteiger charge is 2.01. The van der Waals surface area contributed by atoms with Crippen LogP contribution in [0.5, 0.6) is 5.75 Å². The van der Waals surface area contributed by atoms with E-state index < -0.39 is 0 Å². The van der Waals surface area contributed by atoms with Gasteiger partial charge in [0.25, 0.3) is 0 Å². The van der Waals surface area contributed by atoms with Crippen molar-refractivity contribution in [3.8, 4) is 5.75 Å².